The maximum Gasteiger partial charge on any atom is 0.0781 e. The third-order valence-corrected chi connectivity index (χ3v) is 2.36. The first-order chi connectivity index (χ1) is 9.41. The molecule has 0 spiro atoms. The van der Waals surface area contributed by atoms with Crippen molar-refractivity contribution in [1.29, 1.82) is 0 Å². The molecule has 0 rings (SSSR count). The molecule has 0 aliphatic rings. The highest BCUT2D eigenvalue weighted by atomic mass is 16.6. The maximum absolute atomic E-state index is 5.60. The monoisotopic (exact) mass is 388 g/mol. The van der Waals surface area contributed by atoms with Crippen LogP contribution in [0.1, 0.15) is 72.3 Å². The fraction of sp³-hybridized carbons (Fsp3) is 1.00. The molecule has 0 saturated carbocycles. The van der Waals surface area contributed by atoms with E-state index in [0.717, 1.165) is 0 Å². The topological polar surface area (TPSA) is 89.0 Å². The third kappa shape index (κ3) is 35.0. The summed E-state index contributed by atoms with van der Waals surface area (Å²) >= 11 is 0. The highest BCUT2D eigenvalue weighted by Gasteiger charge is 2.05. The van der Waals surface area contributed by atoms with E-state index in [1.165, 1.54) is 0 Å². The van der Waals surface area contributed by atoms with Gasteiger partial charge in [-0.1, -0.05) is 44.6 Å². The Balaban J connectivity index is -0.000000120. The number of hydrogen-bond donors (Lipinski definition) is 2. The molecule has 170 valence electrons. The van der Waals surface area contributed by atoms with Crippen molar-refractivity contribution in [3.8, 4) is 0 Å². The molecule has 0 bridgehead atoms. The Morgan fingerprint density at radius 2 is 0.808 bits per heavy atom. The van der Waals surface area contributed by atoms with Gasteiger partial charge in [0.1, 0.15) is 0 Å². The highest BCUT2D eigenvalue weighted by molar-refractivity contribution is 4.54. The van der Waals surface area contributed by atoms with Gasteiger partial charge in [0.15, 0.2) is 0 Å². The minimum absolute atomic E-state index is 0. The molecule has 0 amide bonds. The Kier molecular flexibility index (Phi) is 50.9. The van der Waals surface area contributed by atoms with Crippen LogP contribution < -0.4 is 11.5 Å². The molecule has 0 aromatic rings. The van der Waals surface area contributed by atoms with Gasteiger partial charge in [-0.2, -0.15) is 0 Å². The summed E-state index contributed by atoms with van der Waals surface area (Å²) in [6.45, 7) is 11.1. The zero-order valence-corrected chi connectivity index (χ0v) is 13.3. The minimum Gasteiger partial charge on any atom is -0.376 e. The standard InChI is InChI=1S/C14H32N2O4.6CH4/c1-11(15)7-19-13(3)9-17-5-6-18-10-14(4)20-8-12(2)16;;;;;;/h11-14H,5-10,15-16H2,1-4H3;6*1H4. The molecule has 4 N–H and O–H groups in total. The summed E-state index contributed by atoms with van der Waals surface area (Å²) in [7, 11) is 0. The van der Waals surface area contributed by atoms with Crippen molar-refractivity contribution in [1.82, 2.24) is 0 Å². The molecule has 6 heteroatoms. The Hall–Kier alpha value is -0.240. The summed E-state index contributed by atoms with van der Waals surface area (Å²) in [5.41, 5.74) is 11.2. The first kappa shape index (κ1) is 44.9. The lowest BCUT2D eigenvalue weighted by molar-refractivity contribution is -0.0452. The molecule has 4 unspecified atom stereocenters. The smallest absolute Gasteiger partial charge is 0.0781 e. The van der Waals surface area contributed by atoms with Gasteiger partial charge in [-0.3, -0.25) is 0 Å². The van der Waals surface area contributed by atoms with E-state index < -0.39 is 0 Å². The normalized spacial score (nSPS) is 13.6. The minimum atomic E-state index is 0. The first-order valence-electron chi connectivity index (χ1n) is 7.31. The average molecular weight is 389 g/mol. The van der Waals surface area contributed by atoms with Gasteiger partial charge in [-0.05, 0) is 27.7 Å². The lowest BCUT2D eigenvalue weighted by Gasteiger charge is -2.16. The summed E-state index contributed by atoms with van der Waals surface area (Å²) in [4.78, 5) is 0. The van der Waals surface area contributed by atoms with Crippen molar-refractivity contribution in [2.75, 3.05) is 39.6 Å². The lowest BCUT2D eigenvalue weighted by atomic mass is 10.4. The van der Waals surface area contributed by atoms with Gasteiger partial charge in [0.2, 0.25) is 0 Å². The highest BCUT2D eigenvalue weighted by Crippen LogP contribution is 1.95. The predicted molar refractivity (Wildman–Crippen MR) is 120 cm³/mol. The molecular weight excluding hydrogens is 332 g/mol. The SMILES string of the molecule is C.C.C.C.C.C.CC(N)COC(C)COCCOCC(C)OCC(C)N. The fourth-order valence-electron chi connectivity index (χ4n) is 1.34. The van der Waals surface area contributed by atoms with E-state index in [0.29, 0.717) is 39.6 Å². The van der Waals surface area contributed by atoms with Crippen LogP contribution in [0.3, 0.4) is 0 Å². The van der Waals surface area contributed by atoms with Crippen LogP contribution in [0.5, 0.6) is 0 Å². The second-order valence-electron chi connectivity index (χ2n) is 5.39. The van der Waals surface area contributed by atoms with E-state index in [-0.39, 0.29) is 68.9 Å². The van der Waals surface area contributed by atoms with Gasteiger partial charge < -0.3 is 30.4 Å². The maximum atomic E-state index is 5.60. The quantitative estimate of drug-likeness (QED) is 0.456. The molecular formula is C20H56N2O4. The Morgan fingerprint density at radius 3 is 1.04 bits per heavy atom. The van der Waals surface area contributed by atoms with Crippen LogP contribution in [0, 0.1) is 0 Å². The van der Waals surface area contributed by atoms with Crippen molar-refractivity contribution in [3.05, 3.63) is 0 Å². The van der Waals surface area contributed by atoms with Crippen LogP contribution in [0.15, 0.2) is 0 Å². The summed E-state index contributed by atoms with van der Waals surface area (Å²) < 4.78 is 21.9. The molecule has 0 fully saturated rings. The summed E-state index contributed by atoms with van der Waals surface area (Å²) in [5.74, 6) is 0. The van der Waals surface area contributed by atoms with E-state index in [1.54, 1.807) is 0 Å². The first-order valence-corrected chi connectivity index (χ1v) is 7.31. The summed E-state index contributed by atoms with van der Waals surface area (Å²) in [5, 5.41) is 0. The van der Waals surface area contributed by atoms with Crippen LogP contribution in [-0.4, -0.2) is 63.9 Å². The molecule has 0 heterocycles. The molecule has 0 aromatic heterocycles. The molecule has 4 atom stereocenters. The summed E-state index contributed by atoms with van der Waals surface area (Å²) in [6, 6.07) is 0.108. The lowest BCUT2D eigenvalue weighted by Crippen LogP contribution is -2.28. The van der Waals surface area contributed by atoms with E-state index >= 15 is 0 Å². The predicted octanol–water partition coefficient (Wildman–Crippen LogP) is 4.34. The van der Waals surface area contributed by atoms with E-state index in [4.69, 9.17) is 30.4 Å². The zero-order valence-electron chi connectivity index (χ0n) is 13.3. The van der Waals surface area contributed by atoms with Crippen LogP contribution in [0.2, 0.25) is 0 Å². The molecule has 0 saturated heterocycles. The van der Waals surface area contributed by atoms with Crippen LogP contribution in [0.4, 0.5) is 0 Å². The van der Waals surface area contributed by atoms with Crippen molar-refractivity contribution in [3.63, 3.8) is 0 Å². The molecule has 0 radical (unpaired) electrons. The van der Waals surface area contributed by atoms with Crippen LogP contribution >= 0.6 is 0 Å². The average Bonchev–Trinajstić information content (AvgIpc) is 2.37. The third-order valence-electron chi connectivity index (χ3n) is 2.36. The van der Waals surface area contributed by atoms with E-state index in [1.807, 2.05) is 27.7 Å². The van der Waals surface area contributed by atoms with Gasteiger partial charge in [0.25, 0.3) is 0 Å². The van der Waals surface area contributed by atoms with Crippen molar-refractivity contribution < 1.29 is 18.9 Å². The Morgan fingerprint density at radius 1 is 0.538 bits per heavy atom. The van der Waals surface area contributed by atoms with Gasteiger partial charge >= 0.3 is 0 Å². The molecule has 0 aromatic carbocycles. The fourth-order valence-corrected chi connectivity index (χ4v) is 1.34. The van der Waals surface area contributed by atoms with Crippen molar-refractivity contribution >= 4 is 0 Å². The molecule has 0 aliphatic carbocycles. The Bertz CT molecular complexity index is 196. The number of rotatable bonds is 13. The largest absolute Gasteiger partial charge is 0.376 e. The molecule has 26 heavy (non-hydrogen) atoms. The number of ether oxygens (including phenoxy) is 4. The van der Waals surface area contributed by atoms with Crippen molar-refractivity contribution in [2.45, 2.75) is 96.5 Å². The second-order valence-corrected chi connectivity index (χ2v) is 5.39. The number of hydrogen-bond acceptors (Lipinski definition) is 6. The van der Waals surface area contributed by atoms with Gasteiger partial charge in [0.05, 0.1) is 51.8 Å². The van der Waals surface area contributed by atoms with Gasteiger partial charge in [0, 0.05) is 12.1 Å². The number of nitrogens with two attached hydrogens (primary N) is 2. The van der Waals surface area contributed by atoms with Gasteiger partial charge in [-0.15, -0.1) is 0 Å². The van der Waals surface area contributed by atoms with E-state index in [9.17, 15) is 0 Å². The van der Waals surface area contributed by atoms with E-state index in [2.05, 4.69) is 0 Å². The van der Waals surface area contributed by atoms with Crippen LogP contribution in [0.25, 0.3) is 0 Å². The van der Waals surface area contributed by atoms with Crippen LogP contribution in [-0.2, 0) is 18.9 Å². The Labute approximate surface area is 167 Å². The second kappa shape index (κ2) is 29.5. The summed E-state index contributed by atoms with van der Waals surface area (Å²) in [6.07, 6.45) is 0.101. The zero-order chi connectivity index (χ0) is 15.4. The molecule has 0 aliphatic heterocycles. The molecule has 6 nitrogen and oxygen atoms in total. The van der Waals surface area contributed by atoms with Gasteiger partial charge in [-0.25, -0.2) is 0 Å². The van der Waals surface area contributed by atoms with Crippen molar-refractivity contribution in [2.24, 2.45) is 11.5 Å².